The number of aromatic nitrogens is 3. The van der Waals surface area contributed by atoms with Crippen molar-refractivity contribution < 1.29 is 4.74 Å². The molecule has 3 rings (SSSR count). The van der Waals surface area contributed by atoms with E-state index in [4.69, 9.17) is 9.72 Å². The van der Waals surface area contributed by atoms with Gasteiger partial charge in [-0.3, -0.25) is 9.13 Å². The van der Waals surface area contributed by atoms with E-state index in [1.165, 1.54) is 11.1 Å². The summed E-state index contributed by atoms with van der Waals surface area (Å²) in [6.07, 6.45) is 6.79. The predicted octanol–water partition coefficient (Wildman–Crippen LogP) is 1.94. The average Bonchev–Trinajstić information content (AvgIpc) is 3.07. The zero-order valence-corrected chi connectivity index (χ0v) is 18.2. The minimum absolute atomic E-state index is 0.0675. The number of nitrogens with zero attached hydrogens (tertiary/aromatic N) is 3. The first kappa shape index (κ1) is 21.1. The van der Waals surface area contributed by atoms with Crippen molar-refractivity contribution in [3.8, 4) is 0 Å². The minimum Gasteiger partial charge on any atom is -0.381 e. The Morgan fingerprint density at radius 2 is 1.97 bits per heavy atom. The van der Waals surface area contributed by atoms with E-state index in [2.05, 4.69) is 44.2 Å². The second kappa shape index (κ2) is 9.23. The van der Waals surface area contributed by atoms with Crippen molar-refractivity contribution in [3.63, 3.8) is 0 Å². The number of hydrogen-bond acceptors (Lipinski definition) is 3. The lowest BCUT2D eigenvalue weighted by Gasteiger charge is -2.04. The molecule has 0 atom stereocenters. The van der Waals surface area contributed by atoms with Crippen LogP contribution in [0, 0.1) is 17.6 Å². The summed E-state index contributed by atoms with van der Waals surface area (Å²) >= 11 is 0. The number of aryl methyl sites for hydroxylation is 1. The maximum absolute atomic E-state index is 12.6. The minimum atomic E-state index is -0.0675. The highest BCUT2D eigenvalue weighted by Gasteiger charge is 2.11. The van der Waals surface area contributed by atoms with Gasteiger partial charge in [0.05, 0.1) is 17.6 Å². The van der Waals surface area contributed by atoms with E-state index in [9.17, 15) is 4.79 Å². The highest BCUT2D eigenvalue weighted by atomic mass is 16.5. The normalized spacial score (nSPS) is 13.0. The van der Waals surface area contributed by atoms with E-state index in [0.29, 0.717) is 6.61 Å². The second-order valence-corrected chi connectivity index (χ2v) is 7.50. The van der Waals surface area contributed by atoms with Gasteiger partial charge in [-0.15, -0.1) is 0 Å². The third kappa shape index (κ3) is 4.35. The standard InChI is InChI=1S/C24H31N3O2/c1-6-14-29-15-13-20-19(12-11-18-10-8-9-17(3)16-18)22-21(7-2)26(4)24(28)27(5)23(22)25-20/h7-10,12,16H,6,11,13-15H2,1-5H3/b19-12+,21-7-. The Balaban J connectivity index is 2.22. The first-order chi connectivity index (χ1) is 14.0. The smallest absolute Gasteiger partial charge is 0.329 e. The van der Waals surface area contributed by atoms with Crippen LogP contribution in [0.25, 0.3) is 12.2 Å². The summed E-state index contributed by atoms with van der Waals surface area (Å²) in [5.41, 5.74) is 4.19. The van der Waals surface area contributed by atoms with Crippen molar-refractivity contribution in [2.45, 2.75) is 40.0 Å². The second-order valence-electron chi connectivity index (χ2n) is 7.50. The Hall–Kier alpha value is -2.66. The molecule has 0 fully saturated rings. The predicted molar refractivity (Wildman–Crippen MR) is 117 cm³/mol. The first-order valence-electron chi connectivity index (χ1n) is 10.3. The summed E-state index contributed by atoms with van der Waals surface area (Å²) in [6, 6.07) is 8.56. The van der Waals surface area contributed by atoms with E-state index in [-0.39, 0.29) is 5.69 Å². The van der Waals surface area contributed by atoms with Gasteiger partial charge in [-0.05, 0) is 32.3 Å². The molecule has 0 amide bonds. The number of hydrogen-bond donors (Lipinski definition) is 0. The number of ether oxygens (including phenoxy) is 1. The van der Waals surface area contributed by atoms with Gasteiger partial charge in [0.1, 0.15) is 5.48 Å². The van der Waals surface area contributed by atoms with Crippen LogP contribution in [0.4, 0.5) is 0 Å². The van der Waals surface area contributed by atoms with E-state index >= 15 is 0 Å². The molecule has 2 aliphatic rings. The molecule has 0 N–H and O–H groups in total. The molecule has 0 unspecified atom stereocenters. The van der Waals surface area contributed by atoms with Crippen molar-refractivity contribution in [2.24, 2.45) is 14.1 Å². The van der Waals surface area contributed by atoms with Crippen LogP contribution in [0.3, 0.4) is 0 Å². The summed E-state index contributed by atoms with van der Waals surface area (Å²) < 4.78 is 9.06. The van der Waals surface area contributed by atoms with Crippen LogP contribution < -0.4 is 16.3 Å². The van der Waals surface area contributed by atoms with Crippen LogP contribution in [-0.2, 0) is 31.7 Å². The molecule has 2 heterocycles. The zero-order chi connectivity index (χ0) is 21.0. The van der Waals surface area contributed by atoms with E-state index in [1.807, 2.05) is 20.0 Å². The topological polar surface area (TPSA) is 49.1 Å². The maximum Gasteiger partial charge on any atom is 0.329 e. The van der Waals surface area contributed by atoms with Crippen molar-refractivity contribution in [3.05, 3.63) is 72.8 Å². The molecular weight excluding hydrogens is 362 g/mol. The van der Waals surface area contributed by atoms with Gasteiger partial charge in [0.15, 0.2) is 0 Å². The summed E-state index contributed by atoms with van der Waals surface area (Å²) in [4.78, 5) is 17.5. The van der Waals surface area contributed by atoms with Crippen LogP contribution in [0.5, 0.6) is 0 Å². The fourth-order valence-electron chi connectivity index (χ4n) is 3.81. The van der Waals surface area contributed by atoms with Gasteiger partial charge in [0.2, 0.25) is 0 Å². The lowest BCUT2D eigenvalue weighted by Crippen LogP contribution is -2.39. The Morgan fingerprint density at radius 3 is 2.66 bits per heavy atom. The van der Waals surface area contributed by atoms with Gasteiger partial charge in [-0.25, -0.2) is 9.78 Å². The van der Waals surface area contributed by atoms with Gasteiger partial charge >= 0.3 is 5.69 Å². The molecule has 5 heteroatoms. The van der Waals surface area contributed by atoms with Gasteiger partial charge in [0.25, 0.3) is 0 Å². The third-order valence-electron chi connectivity index (χ3n) is 5.28. The maximum atomic E-state index is 12.6. The van der Waals surface area contributed by atoms with Crippen molar-refractivity contribution in [1.82, 2.24) is 14.1 Å². The molecule has 0 radical (unpaired) electrons. The van der Waals surface area contributed by atoms with Gasteiger partial charge in [0, 0.05) is 37.6 Å². The van der Waals surface area contributed by atoms with Crippen molar-refractivity contribution in [2.75, 3.05) is 13.2 Å². The van der Waals surface area contributed by atoms with Crippen LogP contribution in [-0.4, -0.2) is 27.3 Å². The molecule has 2 aliphatic heterocycles. The summed E-state index contributed by atoms with van der Waals surface area (Å²) in [5, 5.41) is 3.06. The number of benzene rings is 1. The van der Waals surface area contributed by atoms with Crippen LogP contribution >= 0.6 is 0 Å². The van der Waals surface area contributed by atoms with E-state index in [0.717, 1.165) is 52.8 Å². The third-order valence-corrected chi connectivity index (χ3v) is 5.28. The molecule has 1 aromatic carbocycles. The fraction of sp³-hybridized carbons (Fsp3) is 0.417. The largest absolute Gasteiger partial charge is 0.381 e. The zero-order valence-electron chi connectivity index (χ0n) is 18.2. The Labute approximate surface area is 171 Å². The Bertz CT molecular complexity index is 1230. The van der Waals surface area contributed by atoms with Gasteiger partial charge in [-0.2, -0.15) is 0 Å². The highest BCUT2D eigenvalue weighted by Crippen LogP contribution is 2.05. The molecule has 0 aromatic heterocycles. The molecule has 0 spiro atoms. The van der Waals surface area contributed by atoms with Crippen molar-refractivity contribution >= 4 is 12.2 Å². The van der Waals surface area contributed by atoms with Crippen LogP contribution in [0.1, 0.15) is 37.1 Å². The molecule has 1 aromatic rings. The molecule has 0 saturated heterocycles. The Morgan fingerprint density at radius 1 is 1.17 bits per heavy atom. The van der Waals surface area contributed by atoms with Crippen LogP contribution in [0.15, 0.2) is 29.1 Å². The number of rotatable bonds is 7. The lowest BCUT2D eigenvalue weighted by molar-refractivity contribution is 0.137. The van der Waals surface area contributed by atoms with E-state index < -0.39 is 0 Å². The highest BCUT2D eigenvalue weighted by molar-refractivity contribution is 5.37. The molecular formula is C24H31N3O2. The molecule has 0 saturated carbocycles. The monoisotopic (exact) mass is 393 g/mol. The quantitative estimate of drug-likeness (QED) is 0.577. The molecule has 5 nitrogen and oxygen atoms in total. The van der Waals surface area contributed by atoms with E-state index in [1.54, 1.807) is 16.2 Å². The van der Waals surface area contributed by atoms with Crippen molar-refractivity contribution in [1.29, 1.82) is 0 Å². The summed E-state index contributed by atoms with van der Waals surface area (Å²) in [5.74, 6) is 0. The van der Waals surface area contributed by atoms with Gasteiger partial charge < -0.3 is 4.74 Å². The fourth-order valence-corrected chi connectivity index (χ4v) is 3.81. The SMILES string of the molecule is C/C=c1/c2/c(=C/Cc3cccc(C)c3)c(CCOCCC)nc=2n(C)c(=O)n1C. The Kier molecular flexibility index (Phi) is 6.70. The summed E-state index contributed by atoms with van der Waals surface area (Å²) in [6.45, 7) is 7.57. The first-order valence-corrected chi connectivity index (χ1v) is 10.3. The average molecular weight is 394 g/mol. The van der Waals surface area contributed by atoms with Gasteiger partial charge in [-0.1, -0.05) is 48.9 Å². The molecule has 29 heavy (non-hydrogen) atoms. The summed E-state index contributed by atoms with van der Waals surface area (Å²) in [7, 11) is 3.61. The lowest BCUT2D eigenvalue weighted by atomic mass is 10.1. The molecule has 0 aliphatic carbocycles. The molecule has 154 valence electrons. The molecule has 0 bridgehead atoms. The van der Waals surface area contributed by atoms with Crippen LogP contribution in [0.2, 0.25) is 0 Å².